The Morgan fingerprint density at radius 2 is 1.75 bits per heavy atom. The Labute approximate surface area is 141 Å². The van der Waals surface area contributed by atoms with Gasteiger partial charge in [-0.15, -0.1) is 0 Å². The van der Waals surface area contributed by atoms with Gasteiger partial charge in [-0.05, 0) is 37.6 Å². The summed E-state index contributed by atoms with van der Waals surface area (Å²) in [6.45, 7) is 3.79. The minimum absolute atomic E-state index is 0.149. The minimum atomic E-state index is -1.08. The second-order valence-corrected chi connectivity index (χ2v) is 5.76. The Morgan fingerprint density at radius 1 is 1.12 bits per heavy atom. The highest BCUT2D eigenvalue weighted by Gasteiger charge is 2.22. The summed E-state index contributed by atoms with van der Waals surface area (Å²) in [7, 11) is 1.53. The number of carbonyl (C=O) groups is 2. The highest BCUT2D eigenvalue weighted by molar-refractivity contribution is 5.97. The van der Waals surface area contributed by atoms with Gasteiger partial charge in [-0.1, -0.05) is 35.4 Å². The van der Waals surface area contributed by atoms with E-state index in [0.717, 1.165) is 16.7 Å². The first-order chi connectivity index (χ1) is 11.4. The average molecular weight is 327 g/mol. The van der Waals surface area contributed by atoms with Crippen molar-refractivity contribution in [2.75, 3.05) is 7.11 Å². The number of ether oxygens (including phenoxy) is 1. The van der Waals surface area contributed by atoms with Crippen LogP contribution in [-0.4, -0.2) is 30.1 Å². The summed E-state index contributed by atoms with van der Waals surface area (Å²) in [5.41, 5.74) is 3.10. The molecule has 0 bridgehead atoms. The van der Waals surface area contributed by atoms with Crippen LogP contribution in [0.5, 0.6) is 5.75 Å². The van der Waals surface area contributed by atoms with Crippen molar-refractivity contribution in [1.29, 1.82) is 0 Å². The van der Waals surface area contributed by atoms with Gasteiger partial charge in [0.15, 0.2) is 0 Å². The number of methoxy groups -OCH3 is 1. The first-order valence-corrected chi connectivity index (χ1v) is 7.64. The van der Waals surface area contributed by atoms with Crippen LogP contribution < -0.4 is 10.1 Å². The summed E-state index contributed by atoms with van der Waals surface area (Å²) in [4.78, 5) is 24.0. The zero-order valence-electron chi connectivity index (χ0n) is 14.0. The van der Waals surface area contributed by atoms with Crippen LogP contribution >= 0.6 is 0 Å². The molecule has 0 spiro atoms. The molecule has 5 heteroatoms. The molecule has 2 aromatic carbocycles. The van der Waals surface area contributed by atoms with Gasteiger partial charge in [0.2, 0.25) is 0 Å². The molecule has 5 nitrogen and oxygen atoms in total. The van der Waals surface area contributed by atoms with E-state index in [1.165, 1.54) is 7.11 Å². The molecule has 0 radical (unpaired) electrons. The fraction of sp³-hybridized carbons (Fsp3) is 0.263. The maximum absolute atomic E-state index is 12.4. The lowest BCUT2D eigenvalue weighted by molar-refractivity contribution is -0.139. The predicted molar refractivity (Wildman–Crippen MR) is 91.5 cm³/mol. The number of hydrogen-bond donors (Lipinski definition) is 2. The molecule has 2 N–H and O–H groups in total. The van der Waals surface area contributed by atoms with Crippen molar-refractivity contribution in [3.63, 3.8) is 0 Å². The van der Waals surface area contributed by atoms with Gasteiger partial charge >= 0.3 is 5.97 Å². The molecule has 0 aliphatic carbocycles. The fourth-order valence-corrected chi connectivity index (χ4v) is 2.64. The molecule has 0 aliphatic rings. The summed E-state index contributed by atoms with van der Waals surface area (Å²) in [6, 6.07) is 11.6. The van der Waals surface area contributed by atoms with E-state index in [4.69, 9.17) is 4.74 Å². The number of amides is 1. The maximum Gasteiger partial charge on any atom is 0.326 e. The van der Waals surface area contributed by atoms with Gasteiger partial charge in [0.05, 0.1) is 7.11 Å². The lowest BCUT2D eigenvalue weighted by atomic mass is 10.0. The van der Waals surface area contributed by atoms with Crippen LogP contribution in [0.3, 0.4) is 0 Å². The molecule has 0 heterocycles. The molecule has 0 aromatic heterocycles. The molecular weight excluding hydrogens is 306 g/mol. The normalized spacial score (nSPS) is 11.6. The van der Waals surface area contributed by atoms with Crippen LogP contribution in [-0.2, 0) is 11.2 Å². The smallest absolute Gasteiger partial charge is 0.326 e. The number of aliphatic carboxylic acids is 1. The van der Waals surface area contributed by atoms with Gasteiger partial charge in [-0.3, -0.25) is 4.79 Å². The van der Waals surface area contributed by atoms with Gasteiger partial charge in [0.1, 0.15) is 11.8 Å². The van der Waals surface area contributed by atoms with E-state index in [1.54, 1.807) is 24.3 Å². The number of nitrogens with one attached hydrogen (secondary N) is 1. The van der Waals surface area contributed by atoms with Crippen LogP contribution in [0.2, 0.25) is 0 Å². The molecule has 2 rings (SSSR count). The highest BCUT2D eigenvalue weighted by Crippen LogP contribution is 2.19. The molecular formula is C19H21NO4. The van der Waals surface area contributed by atoms with Gasteiger partial charge in [-0.2, -0.15) is 0 Å². The predicted octanol–water partition coefficient (Wildman–Crippen LogP) is 2.74. The first-order valence-electron chi connectivity index (χ1n) is 7.64. The minimum Gasteiger partial charge on any atom is -0.496 e. The zero-order chi connectivity index (χ0) is 17.7. The summed E-state index contributed by atoms with van der Waals surface area (Å²) in [5, 5.41) is 12.0. The van der Waals surface area contributed by atoms with E-state index < -0.39 is 17.9 Å². The fourth-order valence-electron chi connectivity index (χ4n) is 2.64. The molecule has 0 unspecified atom stereocenters. The van der Waals surface area contributed by atoms with Crippen molar-refractivity contribution in [2.45, 2.75) is 26.3 Å². The van der Waals surface area contributed by atoms with E-state index >= 15 is 0 Å². The van der Waals surface area contributed by atoms with Crippen LogP contribution in [0, 0.1) is 13.8 Å². The van der Waals surface area contributed by atoms with Gasteiger partial charge in [0, 0.05) is 12.0 Å². The molecule has 0 aliphatic heterocycles. The number of rotatable bonds is 6. The Morgan fingerprint density at radius 3 is 2.33 bits per heavy atom. The summed E-state index contributed by atoms with van der Waals surface area (Å²) >= 11 is 0. The second-order valence-electron chi connectivity index (χ2n) is 5.76. The number of hydrogen-bond acceptors (Lipinski definition) is 3. The zero-order valence-corrected chi connectivity index (χ0v) is 14.0. The summed E-state index contributed by atoms with van der Waals surface area (Å²) < 4.78 is 5.24. The number of carboxylic acid groups (broad SMARTS) is 1. The first kappa shape index (κ1) is 17.5. The maximum atomic E-state index is 12.4. The van der Waals surface area contributed by atoms with Gasteiger partial charge in [0.25, 0.3) is 5.91 Å². The lowest BCUT2D eigenvalue weighted by Crippen LogP contribution is -2.42. The Hall–Kier alpha value is -2.82. The average Bonchev–Trinajstić information content (AvgIpc) is 2.53. The van der Waals surface area contributed by atoms with Crippen molar-refractivity contribution in [3.05, 3.63) is 64.7 Å². The lowest BCUT2D eigenvalue weighted by Gasteiger charge is -2.17. The van der Waals surface area contributed by atoms with E-state index in [-0.39, 0.29) is 6.42 Å². The van der Waals surface area contributed by atoms with Gasteiger partial charge in [-0.25, -0.2) is 4.79 Å². The van der Waals surface area contributed by atoms with Crippen molar-refractivity contribution in [2.24, 2.45) is 0 Å². The largest absolute Gasteiger partial charge is 0.496 e. The number of para-hydroxylation sites is 1. The standard InChI is InChI=1S/C19H21NO4/c1-12-8-13(2)10-15(9-12)18(21)20-16(19(22)23)11-14-6-4-5-7-17(14)24-3/h4-10,16H,11H2,1-3H3,(H,20,21)(H,22,23)/t16-/m0/s1. The Kier molecular flexibility index (Phi) is 5.58. The van der Waals surface area contributed by atoms with Crippen molar-refractivity contribution in [1.82, 2.24) is 5.32 Å². The molecule has 1 amide bonds. The van der Waals surface area contributed by atoms with Crippen LogP contribution in [0.25, 0.3) is 0 Å². The van der Waals surface area contributed by atoms with E-state index in [9.17, 15) is 14.7 Å². The third-order valence-corrected chi connectivity index (χ3v) is 3.70. The Balaban J connectivity index is 2.19. The van der Waals surface area contributed by atoms with Gasteiger partial charge < -0.3 is 15.2 Å². The molecule has 2 aromatic rings. The molecule has 0 saturated carbocycles. The number of carboxylic acids is 1. The van der Waals surface area contributed by atoms with E-state index in [0.29, 0.717) is 11.3 Å². The highest BCUT2D eigenvalue weighted by atomic mass is 16.5. The summed E-state index contributed by atoms with van der Waals surface area (Å²) in [5.74, 6) is -0.882. The van der Waals surface area contributed by atoms with Crippen molar-refractivity contribution >= 4 is 11.9 Å². The number of carbonyl (C=O) groups excluding carboxylic acids is 1. The third-order valence-electron chi connectivity index (χ3n) is 3.70. The molecule has 126 valence electrons. The van der Waals surface area contributed by atoms with Crippen LogP contribution in [0.1, 0.15) is 27.0 Å². The van der Waals surface area contributed by atoms with Crippen molar-refractivity contribution < 1.29 is 19.4 Å². The molecule has 1 atom stereocenters. The van der Waals surface area contributed by atoms with E-state index in [1.807, 2.05) is 32.0 Å². The van der Waals surface area contributed by atoms with Crippen molar-refractivity contribution in [3.8, 4) is 5.75 Å². The Bertz CT molecular complexity index is 735. The molecule has 24 heavy (non-hydrogen) atoms. The second kappa shape index (κ2) is 7.64. The SMILES string of the molecule is COc1ccccc1C[C@H](NC(=O)c1cc(C)cc(C)c1)C(=O)O. The van der Waals surface area contributed by atoms with E-state index in [2.05, 4.69) is 5.32 Å². The monoisotopic (exact) mass is 327 g/mol. The molecule has 0 fully saturated rings. The third kappa shape index (κ3) is 4.35. The quantitative estimate of drug-likeness (QED) is 0.855. The summed E-state index contributed by atoms with van der Waals surface area (Å²) in [6.07, 6.45) is 0.149. The molecule has 0 saturated heterocycles. The number of aryl methyl sites for hydroxylation is 2. The topological polar surface area (TPSA) is 75.6 Å². The van der Waals surface area contributed by atoms with Crippen LogP contribution in [0.4, 0.5) is 0 Å². The number of benzene rings is 2. The van der Waals surface area contributed by atoms with Crippen LogP contribution in [0.15, 0.2) is 42.5 Å².